The third-order valence-corrected chi connectivity index (χ3v) is 1.12. The van der Waals surface area contributed by atoms with E-state index >= 15 is 0 Å². The van der Waals surface area contributed by atoms with Crippen molar-refractivity contribution in [3.05, 3.63) is 0 Å². The number of aldehydes is 1. The van der Waals surface area contributed by atoms with E-state index in [1.807, 2.05) is 6.92 Å². The molecule has 0 saturated carbocycles. The van der Waals surface area contributed by atoms with Crippen molar-refractivity contribution in [2.75, 3.05) is 0 Å². The van der Waals surface area contributed by atoms with E-state index in [9.17, 15) is 9.59 Å². The summed E-state index contributed by atoms with van der Waals surface area (Å²) in [7, 11) is 0. The van der Waals surface area contributed by atoms with Gasteiger partial charge < -0.3 is 6.22 Å². The number of hydrogen-bond acceptors (Lipinski definition) is 2. The van der Waals surface area contributed by atoms with Crippen LogP contribution < -0.4 is 18.9 Å². The fourth-order valence-corrected chi connectivity index (χ4v) is 0.569. The van der Waals surface area contributed by atoms with Gasteiger partial charge in [0.05, 0.1) is 6.42 Å². The minimum atomic E-state index is 0. The van der Waals surface area contributed by atoms with Gasteiger partial charge in [-0.3, -0.25) is 4.79 Å². The van der Waals surface area contributed by atoms with Gasteiger partial charge in [-0.25, -0.2) is 0 Å². The second-order valence-electron chi connectivity index (χ2n) is 2.01. The van der Waals surface area contributed by atoms with Gasteiger partial charge in [0.15, 0.2) is 0 Å². The molecule has 0 amide bonds. The SMILES string of the molecule is CCCCC(=O)CC=O.[H-].[Li+]. The molecule has 0 saturated heterocycles. The van der Waals surface area contributed by atoms with Crippen molar-refractivity contribution in [3.8, 4) is 0 Å². The van der Waals surface area contributed by atoms with Crippen molar-refractivity contribution in [3.63, 3.8) is 0 Å². The molecule has 0 aromatic heterocycles. The van der Waals surface area contributed by atoms with E-state index in [0.717, 1.165) is 12.8 Å². The molecular formula is C7H13LiO2. The number of ketones is 1. The molecule has 0 aromatic rings. The Bertz CT molecular complexity index is 107. The smallest absolute Gasteiger partial charge is 1.00 e. The summed E-state index contributed by atoms with van der Waals surface area (Å²) >= 11 is 0. The molecule has 0 aromatic carbocycles. The van der Waals surface area contributed by atoms with Crippen LogP contribution in [-0.4, -0.2) is 12.1 Å². The Morgan fingerprint density at radius 2 is 2.20 bits per heavy atom. The molecule has 0 unspecified atom stereocenters. The minimum absolute atomic E-state index is 0. The standard InChI is InChI=1S/C7H12O2.Li.H/c1-2-3-4-7(9)5-6-8;;/h6H,2-5H2,1H3;;/q;+1;-1. The number of carbonyl (C=O) groups excluding carboxylic acids is 2. The van der Waals surface area contributed by atoms with Gasteiger partial charge in [-0.1, -0.05) is 13.3 Å². The molecule has 0 spiro atoms. The Morgan fingerprint density at radius 3 is 2.60 bits per heavy atom. The van der Waals surface area contributed by atoms with Crippen LogP contribution in [0, 0.1) is 0 Å². The summed E-state index contributed by atoms with van der Waals surface area (Å²) in [5.74, 6) is 0.0619. The third-order valence-electron chi connectivity index (χ3n) is 1.12. The van der Waals surface area contributed by atoms with E-state index in [1.54, 1.807) is 0 Å². The predicted octanol–water partition coefficient (Wildman–Crippen LogP) is -1.55. The maximum Gasteiger partial charge on any atom is 1.00 e. The first-order valence-electron chi connectivity index (χ1n) is 3.26. The number of carbonyl (C=O) groups is 2. The Morgan fingerprint density at radius 1 is 1.60 bits per heavy atom. The normalized spacial score (nSPS) is 8.10. The van der Waals surface area contributed by atoms with Crippen molar-refractivity contribution in [2.24, 2.45) is 0 Å². The number of Topliss-reactive ketones (excluding diaryl/α,β-unsaturated/α-hetero) is 1. The van der Waals surface area contributed by atoms with Gasteiger partial charge in [0, 0.05) is 6.42 Å². The molecule has 0 atom stereocenters. The molecule has 2 nitrogen and oxygen atoms in total. The molecule has 0 bridgehead atoms. The zero-order chi connectivity index (χ0) is 7.11. The fraction of sp³-hybridized carbons (Fsp3) is 0.714. The van der Waals surface area contributed by atoms with E-state index < -0.39 is 0 Å². The molecule has 0 radical (unpaired) electrons. The first kappa shape index (κ1) is 12.6. The third kappa shape index (κ3) is 7.94. The topological polar surface area (TPSA) is 34.1 Å². The summed E-state index contributed by atoms with van der Waals surface area (Å²) in [6, 6.07) is 0. The van der Waals surface area contributed by atoms with Crippen LogP contribution in [0.15, 0.2) is 0 Å². The van der Waals surface area contributed by atoms with Crippen LogP contribution in [-0.2, 0) is 9.59 Å². The molecule has 0 aliphatic heterocycles. The molecule has 54 valence electrons. The van der Waals surface area contributed by atoms with Crippen LogP contribution >= 0.6 is 0 Å². The summed E-state index contributed by atoms with van der Waals surface area (Å²) < 4.78 is 0. The zero-order valence-electron chi connectivity index (χ0n) is 7.72. The van der Waals surface area contributed by atoms with Crippen molar-refractivity contribution < 1.29 is 29.9 Å². The molecular weight excluding hydrogens is 123 g/mol. The van der Waals surface area contributed by atoms with Gasteiger partial charge in [-0.15, -0.1) is 0 Å². The van der Waals surface area contributed by atoms with Crippen LogP contribution in [0.5, 0.6) is 0 Å². The molecule has 3 heteroatoms. The largest absolute Gasteiger partial charge is 1.00 e. The van der Waals surface area contributed by atoms with Crippen LogP contribution in [0.4, 0.5) is 0 Å². The molecule has 0 rings (SSSR count). The predicted molar refractivity (Wildman–Crippen MR) is 36.3 cm³/mol. The van der Waals surface area contributed by atoms with Crippen LogP contribution in [0.2, 0.25) is 0 Å². The summed E-state index contributed by atoms with van der Waals surface area (Å²) in [5, 5.41) is 0. The van der Waals surface area contributed by atoms with Gasteiger partial charge >= 0.3 is 18.9 Å². The monoisotopic (exact) mass is 136 g/mol. The van der Waals surface area contributed by atoms with Crippen LogP contribution in [0.25, 0.3) is 0 Å². The molecule has 0 heterocycles. The summed E-state index contributed by atoms with van der Waals surface area (Å²) in [6.07, 6.45) is 3.25. The first-order chi connectivity index (χ1) is 4.31. The first-order valence-corrected chi connectivity index (χ1v) is 3.26. The zero-order valence-corrected chi connectivity index (χ0v) is 6.72. The second kappa shape index (κ2) is 8.94. The van der Waals surface area contributed by atoms with Crippen molar-refractivity contribution >= 4 is 12.1 Å². The quantitative estimate of drug-likeness (QED) is 0.260. The summed E-state index contributed by atoms with van der Waals surface area (Å²) in [4.78, 5) is 20.3. The fourth-order valence-electron chi connectivity index (χ4n) is 0.569. The summed E-state index contributed by atoms with van der Waals surface area (Å²) in [6.45, 7) is 2.02. The van der Waals surface area contributed by atoms with E-state index in [-0.39, 0.29) is 32.5 Å². The van der Waals surface area contributed by atoms with Gasteiger partial charge in [-0.2, -0.15) is 0 Å². The maximum atomic E-state index is 10.6. The maximum absolute atomic E-state index is 10.6. The van der Waals surface area contributed by atoms with Crippen molar-refractivity contribution in [2.45, 2.75) is 32.6 Å². The van der Waals surface area contributed by atoms with E-state index in [2.05, 4.69) is 0 Å². The Kier molecular flexibility index (Phi) is 11.3. The minimum Gasteiger partial charge on any atom is -1.00 e. The van der Waals surface area contributed by atoms with Crippen molar-refractivity contribution in [1.82, 2.24) is 0 Å². The van der Waals surface area contributed by atoms with Gasteiger partial charge in [-0.05, 0) is 6.42 Å². The van der Waals surface area contributed by atoms with Crippen LogP contribution in [0.3, 0.4) is 0 Å². The van der Waals surface area contributed by atoms with E-state index in [0.29, 0.717) is 12.7 Å². The van der Waals surface area contributed by atoms with Crippen molar-refractivity contribution in [1.29, 1.82) is 0 Å². The molecule has 0 aliphatic rings. The van der Waals surface area contributed by atoms with E-state index in [4.69, 9.17) is 0 Å². The van der Waals surface area contributed by atoms with Gasteiger partial charge in [0.2, 0.25) is 0 Å². The van der Waals surface area contributed by atoms with Gasteiger partial charge in [0.1, 0.15) is 12.1 Å². The molecule has 0 aliphatic carbocycles. The Labute approximate surface area is 75.0 Å². The molecule has 0 N–H and O–H groups in total. The Hall–Kier alpha value is -0.0626. The Balaban J connectivity index is -0.000000320. The average Bonchev–Trinajstić information content (AvgIpc) is 1.85. The average molecular weight is 136 g/mol. The second-order valence-corrected chi connectivity index (χ2v) is 2.01. The molecule has 10 heavy (non-hydrogen) atoms. The van der Waals surface area contributed by atoms with Gasteiger partial charge in [0.25, 0.3) is 0 Å². The summed E-state index contributed by atoms with van der Waals surface area (Å²) in [5.41, 5.74) is 0. The molecule has 0 fully saturated rings. The van der Waals surface area contributed by atoms with Crippen LogP contribution in [0.1, 0.15) is 34.0 Å². The number of unbranched alkanes of at least 4 members (excludes halogenated alkanes) is 1. The number of hydrogen-bond donors (Lipinski definition) is 0. The van der Waals surface area contributed by atoms with E-state index in [1.165, 1.54) is 0 Å². The number of rotatable bonds is 5.